The van der Waals surface area contributed by atoms with E-state index in [9.17, 15) is 19.5 Å². The highest BCUT2D eigenvalue weighted by Gasteiger charge is 2.35. The smallest absolute Gasteiger partial charge is 0.408 e. The minimum Gasteiger partial charge on any atom is -0.507 e. The molecule has 0 saturated carbocycles. The average Bonchev–Trinajstić information content (AvgIpc) is 2.71. The average molecular weight is 492 g/mol. The van der Waals surface area contributed by atoms with Gasteiger partial charge in [-0.3, -0.25) is 9.59 Å². The minimum atomic E-state index is -1.05. The first-order valence-corrected chi connectivity index (χ1v) is 12.5. The van der Waals surface area contributed by atoms with E-state index in [0.717, 1.165) is 25.7 Å². The molecular weight excluding hydrogens is 446 g/mol. The highest BCUT2D eigenvalue weighted by molar-refractivity contribution is 5.91. The number of ether oxygens (including phenoxy) is 1. The standard InChI is InChI=1S/C27H45N3O5/c1-9-10-11-12-13-17-30(21(31)18-28-25(34)35-27(6,7)8)22(24(33)29-26(3,4)5)20-16-14-15-19(2)23(20)32/h14-16,22,32H,9-13,17-18H2,1-8H3,(H,28,34)(H,29,33). The maximum atomic E-state index is 13.5. The molecule has 3 amide bonds. The van der Waals surface area contributed by atoms with Gasteiger partial charge in [0.25, 0.3) is 0 Å². The first kappa shape index (κ1) is 30.3. The summed E-state index contributed by atoms with van der Waals surface area (Å²) in [5, 5.41) is 16.3. The predicted molar refractivity (Wildman–Crippen MR) is 138 cm³/mol. The van der Waals surface area contributed by atoms with Gasteiger partial charge in [-0.15, -0.1) is 0 Å². The van der Waals surface area contributed by atoms with Gasteiger partial charge in [-0.2, -0.15) is 0 Å². The van der Waals surface area contributed by atoms with E-state index in [0.29, 0.717) is 24.1 Å². The van der Waals surface area contributed by atoms with Gasteiger partial charge in [0.05, 0.1) is 0 Å². The number of hydrogen-bond donors (Lipinski definition) is 3. The van der Waals surface area contributed by atoms with Gasteiger partial charge in [0.1, 0.15) is 23.9 Å². The Kier molecular flexibility index (Phi) is 11.5. The van der Waals surface area contributed by atoms with E-state index in [1.165, 1.54) is 4.90 Å². The summed E-state index contributed by atoms with van der Waals surface area (Å²) in [6.45, 7) is 14.7. The third kappa shape index (κ3) is 11.0. The van der Waals surface area contributed by atoms with Crippen LogP contribution in [0.3, 0.4) is 0 Å². The summed E-state index contributed by atoms with van der Waals surface area (Å²) >= 11 is 0. The van der Waals surface area contributed by atoms with E-state index in [4.69, 9.17) is 4.74 Å². The van der Waals surface area contributed by atoms with Crippen LogP contribution >= 0.6 is 0 Å². The number of carbonyl (C=O) groups is 3. The molecule has 0 aliphatic rings. The van der Waals surface area contributed by atoms with Gasteiger partial charge in [-0.05, 0) is 60.5 Å². The molecule has 0 bridgehead atoms. The molecule has 1 unspecified atom stereocenters. The van der Waals surface area contributed by atoms with Crippen LogP contribution in [-0.4, -0.2) is 52.1 Å². The molecular formula is C27H45N3O5. The Balaban J connectivity index is 3.30. The van der Waals surface area contributed by atoms with E-state index in [-0.39, 0.29) is 12.3 Å². The fourth-order valence-electron chi connectivity index (χ4n) is 3.64. The van der Waals surface area contributed by atoms with E-state index in [1.54, 1.807) is 45.9 Å². The fourth-order valence-corrected chi connectivity index (χ4v) is 3.64. The highest BCUT2D eigenvalue weighted by atomic mass is 16.6. The number of nitrogens with one attached hydrogen (secondary N) is 2. The van der Waals surface area contributed by atoms with Crippen molar-refractivity contribution < 1.29 is 24.2 Å². The summed E-state index contributed by atoms with van der Waals surface area (Å²) in [7, 11) is 0. The maximum absolute atomic E-state index is 13.5. The Morgan fingerprint density at radius 2 is 1.66 bits per heavy atom. The van der Waals surface area contributed by atoms with Crippen LogP contribution in [0.2, 0.25) is 0 Å². The SMILES string of the molecule is CCCCCCCN(C(=O)CNC(=O)OC(C)(C)C)C(C(=O)NC(C)(C)C)c1cccc(C)c1O. The van der Waals surface area contributed by atoms with Crippen LogP contribution < -0.4 is 10.6 Å². The van der Waals surface area contributed by atoms with Crippen molar-refractivity contribution in [3.63, 3.8) is 0 Å². The van der Waals surface area contributed by atoms with Crippen LogP contribution in [0.15, 0.2) is 18.2 Å². The van der Waals surface area contributed by atoms with Gasteiger partial charge in [-0.1, -0.05) is 50.8 Å². The maximum Gasteiger partial charge on any atom is 0.408 e. The molecule has 0 aliphatic heterocycles. The molecule has 0 fully saturated rings. The zero-order valence-corrected chi connectivity index (χ0v) is 22.8. The number of benzene rings is 1. The fraction of sp³-hybridized carbons (Fsp3) is 0.667. The molecule has 8 heteroatoms. The van der Waals surface area contributed by atoms with Gasteiger partial charge in [-0.25, -0.2) is 4.79 Å². The van der Waals surface area contributed by atoms with Crippen molar-refractivity contribution in [2.45, 2.75) is 105 Å². The molecule has 1 rings (SSSR count). The number of rotatable bonds is 11. The number of aryl methyl sites for hydroxylation is 1. The lowest BCUT2D eigenvalue weighted by molar-refractivity contribution is -0.141. The predicted octanol–water partition coefficient (Wildman–Crippen LogP) is 4.98. The van der Waals surface area contributed by atoms with Crippen LogP contribution in [0, 0.1) is 6.92 Å². The number of amides is 3. The van der Waals surface area contributed by atoms with Gasteiger partial charge < -0.3 is 25.4 Å². The van der Waals surface area contributed by atoms with E-state index < -0.39 is 35.1 Å². The second kappa shape index (κ2) is 13.4. The molecule has 1 aromatic carbocycles. The van der Waals surface area contributed by atoms with Crippen molar-refractivity contribution in [2.75, 3.05) is 13.1 Å². The van der Waals surface area contributed by atoms with Crippen LogP contribution in [-0.2, 0) is 14.3 Å². The van der Waals surface area contributed by atoms with Crippen molar-refractivity contribution in [1.29, 1.82) is 0 Å². The first-order valence-electron chi connectivity index (χ1n) is 12.5. The number of unbranched alkanes of at least 4 members (excludes halogenated alkanes) is 4. The molecule has 8 nitrogen and oxygen atoms in total. The molecule has 198 valence electrons. The van der Waals surface area contributed by atoms with Crippen LogP contribution in [0.1, 0.15) is 97.7 Å². The highest BCUT2D eigenvalue weighted by Crippen LogP contribution is 2.32. The molecule has 0 heterocycles. The Morgan fingerprint density at radius 3 is 2.23 bits per heavy atom. The molecule has 0 radical (unpaired) electrons. The second-order valence-corrected chi connectivity index (χ2v) is 11.0. The van der Waals surface area contributed by atoms with Crippen molar-refractivity contribution in [2.24, 2.45) is 0 Å². The molecule has 0 aromatic heterocycles. The van der Waals surface area contributed by atoms with Crippen LogP contribution in [0.25, 0.3) is 0 Å². The van der Waals surface area contributed by atoms with Crippen molar-refractivity contribution >= 4 is 17.9 Å². The lowest BCUT2D eigenvalue weighted by atomic mass is 9.98. The van der Waals surface area contributed by atoms with Crippen LogP contribution in [0.5, 0.6) is 5.75 Å². The number of hydrogen-bond acceptors (Lipinski definition) is 5. The van der Waals surface area contributed by atoms with E-state index in [2.05, 4.69) is 17.6 Å². The summed E-state index contributed by atoms with van der Waals surface area (Å²) in [6.07, 6.45) is 4.12. The number of aromatic hydroxyl groups is 1. The normalized spacial score (nSPS) is 12.6. The van der Waals surface area contributed by atoms with E-state index in [1.807, 2.05) is 20.8 Å². The summed E-state index contributed by atoms with van der Waals surface area (Å²) in [5.41, 5.74) is -0.280. The molecule has 0 saturated heterocycles. The zero-order valence-electron chi connectivity index (χ0n) is 22.8. The Bertz CT molecular complexity index is 855. The van der Waals surface area contributed by atoms with Crippen molar-refractivity contribution in [3.05, 3.63) is 29.3 Å². The lowest BCUT2D eigenvalue weighted by Gasteiger charge is -2.34. The molecule has 1 atom stereocenters. The Labute approximate surface area is 210 Å². The third-order valence-electron chi connectivity index (χ3n) is 5.23. The van der Waals surface area contributed by atoms with Gasteiger partial charge in [0.15, 0.2) is 0 Å². The number of carbonyl (C=O) groups excluding carboxylic acids is 3. The largest absolute Gasteiger partial charge is 0.507 e. The summed E-state index contributed by atoms with van der Waals surface area (Å²) in [5.74, 6) is -0.843. The third-order valence-corrected chi connectivity index (χ3v) is 5.23. The number of phenols is 1. The molecule has 35 heavy (non-hydrogen) atoms. The second-order valence-electron chi connectivity index (χ2n) is 11.0. The summed E-state index contributed by atoms with van der Waals surface area (Å²) in [4.78, 5) is 40.5. The number of alkyl carbamates (subject to hydrolysis) is 1. The minimum absolute atomic E-state index is 0.0227. The lowest BCUT2D eigenvalue weighted by Crippen LogP contribution is -2.51. The number of para-hydroxylation sites is 1. The molecule has 1 aromatic rings. The zero-order chi connectivity index (χ0) is 26.8. The monoisotopic (exact) mass is 491 g/mol. The quantitative estimate of drug-likeness (QED) is 0.378. The summed E-state index contributed by atoms with van der Waals surface area (Å²) in [6, 6.07) is 4.12. The molecule has 3 N–H and O–H groups in total. The Morgan fingerprint density at radius 1 is 1.03 bits per heavy atom. The molecule has 0 spiro atoms. The van der Waals surface area contributed by atoms with Crippen molar-refractivity contribution in [3.8, 4) is 5.75 Å². The summed E-state index contributed by atoms with van der Waals surface area (Å²) < 4.78 is 5.25. The topological polar surface area (TPSA) is 108 Å². The van der Waals surface area contributed by atoms with Crippen molar-refractivity contribution in [1.82, 2.24) is 15.5 Å². The van der Waals surface area contributed by atoms with Gasteiger partial charge in [0.2, 0.25) is 11.8 Å². The molecule has 0 aliphatic carbocycles. The number of phenolic OH excluding ortho intramolecular Hbond substituents is 1. The van der Waals surface area contributed by atoms with E-state index >= 15 is 0 Å². The number of nitrogens with zero attached hydrogens (tertiary/aromatic N) is 1. The van der Waals surface area contributed by atoms with Gasteiger partial charge >= 0.3 is 6.09 Å². The Hall–Kier alpha value is -2.77. The first-order chi connectivity index (χ1) is 16.2. The van der Waals surface area contributed by atoms with Crippen LogP contribution in [0.4, 0.5) is 4.79 Å². The van der Waals surface area contributed by atoms with Gasteiger partial charge in [0, 0.05) is 17.6 Å².